The van der Waals surface area contributed by atoms with Gasteiger partial charge in [0.25, 0.3) is 0 Å². The first-order valence-corrected chi connectivity index (χ1v) is 7.29. The highest BCUT2D eigenvalue weighted by atomic mass is 35.5. The average molecular weight is 315 g/mol. The number of rotatable bonds is 8. The third-order valence-electron chi connectivity index (χ3n) is 3.44. The number of benzene rings is 1. The molecule has 0 saturated carbocycles. The molecule has 1 aromatic carbocycles. The van der Waals surface area contributed by atoms with Crippen molar-refractivity contribution >= 4 is 24.0 Å². The summed E-state index contributed by atoms with van der Waals surface area (Å²) in [7, 11) is 0. The van der Waals surface area contributed by atoms with Crippen molar-refractivity contribution in [3.63, 3.8) is 0 Å². The summed E-state index contributed by atoms with van der Waals surface area (Å²) in [5.41, 5.74) is 6.17. The van der Waals surface area contributed by atoms with E-state index in [2.05, 4.69) is 26.1 Å². The second kappa shape index (κ2) is 10.5. The first-order chi connectivity index (χ1) is 9.56. The van der Waals surface area contributed by atoms with Crippen LogP contribution in [0.2, 0.25) is 0 Å². The van der Waals surface area contributed by atoms with E-state index in [9.17, 15) is 4.79 Å². The highest BCUT2D eigenvalue weighted by Gasteiger charge is 2.15. The molecular weight excluding hydrogens is 288 g/mol. The molecule has 0 aliphatic rings. The molecule has 0 fully saturated rings. The smallest absolute Gasteiger partial charge is 0.224 e. The molecule has 0 spiro atoms. The summed E-state index contributed by atoms with van der Waals surface area (Å²) in [6.45, 7) is 7.43. The summed E-state index contributed by atoms with van der Waals surface area (Å²) in [6.07, 6.45) is 1.59. The Morgan fingerprint density at radius 3 is 2.38 bits per heavy atom. The van der Waals surface area contributed by atoms with Crippen molar-refractivity contribution in [3.8, 4) is 5.75 Å². The van der Waals surface area contributed by atoms with E-state index in [0.717, 1.165) is 17.9 Å². The molecule has 5 heteroatoms. The maximum absolute atomic E-state index is 12.0. The lowest BCUT2D eigenvalue weighted by Gasteiger charge is -2.18. The molecule has 0 heterocycles. The van der Waals surface area contributed by atoms with Gasteiger partial charge in [0.05, 0.1) is 0 Å². The van der Waals surface area contributed by atoms with Crippen molar-refractivity contribution < 1.29 is 9.53 Å². The lowest BCUT2D eigenvalue weighted by atomic mass is 9.90. The van der Waals surface area contributed by atoms with Crippen molar-refractivity contribution in [2.45, 2.75) is 33.6 Å². The second-order valence-electron chi connectivity index (χ2n) is 5.33. The standard InChI is InChI=1S/C16H26N2O2.ClH/c1-4-13(12(2)3)11-16(19)18-14-5-7-15(8-6-14)20-10-9-17;/h5-8,12-13H,4,9-11,17H2,1-3H3,(H,18,19);1H. The minimum Gasteiger partial charge on any atom is -0.492 e. The first-order valence-electron chi connectivity index (χ1n) is 7.29. The Balaban J connectivity index is 0.00000400. The monoisotopic (exact) mass is 314 g/mol. The quantitative estimate of drug-likeness (QED) is 0.772. The zero-order valence-corrected chi connectivity index (χ0v) is 13.9. The van der Waals surface area contributed by atoms with Gasteiger partial charge in [-0.05, 0) is 36.1 Å². The second-order valence-corrected chi connectivity index (χ2v) is 5.33. The Labute approximate surface area is 133 Å². The van der Waals surface area contributed by atoms with Crippen LogP contribution in [0.25, 0.3) is 0 Å². The largest absolute Gasteiger partial charge is 0.492 e. The molecule has 0 bridgehead atoms. The Hall–Kier alpha value is -1.26. The third kappa shape index (κ3) is 7.34. The van der Waals surface area contributed by atoms with Gasteiger partial charge in [-0.3, -0.25) is 4.79 Å². The van der Waals surface area contributed by atoms with E-state index in [-0.39, 0.29) is 18.3 Å². The molecule has 3 N–H and O–H groups in total. The summed E-state index contributed by atoms with van der Waals surface area (Å²) in [6, 6.07) is 7.37. The number of amides is 1. The molecule has 1 rings (SSSR count). The molecule has 1 unspecified atom stereocenters. The van der Waals surface area contributed by atoms with Gasteiger partial charge in [-0.1, -0.05) is 27.2 Å². The Bertz CT molecular complexity index is 407. The lowest BCUT2D eigenvalue weighted by Crippen LogP contribution is -2.19. The predicted molar refractivity (Wildman–Crippen MR) is 90.1 cm³/mol. The molecule has 21 heavy (non-hydrogen) atoms. The van der Waals surface area contributed by atoms with Gasteiger partial charge in [0.2, 0.25) is 5.91 Å². The molecule has 1 amide bonds. The van der Waals surface area contributed by atoms with E-state index in [0.29, 0.717) is 31.4 Å². The molecule has 0 aromatic heterocycles. The SMILES string of the molecule is CCC(CC(=O)Nc1ccc(OCCN)cc1)C(C)C.Cl. The maximum atomic E-state index is 12.0. The van der Waals surface area contributed by atoms with Gasteiger partial charge >= 0.3 is 0 Å². The molecule has 120 valence electrons. The fraction of sp³-hybridized carbons (Fsp3) is 0.562. The Kier molecular flexibility index (Phi) is 9.84. The van der Waals surface area contributed by atoms with Crippen molar-refractivity contribution in [2.75, 3.05) is 18.5 Å². The van der Waals surface area contributed by atoms with Gasteiger partial charge in [-0.15, -0.1) is 12.4 Å². The molecule has 0 radical (unpaired) electrons. The van der Waals surface area contributed by atoms with Crippen LogP contribution in [0.4, 0.5) is 5.69 Å². The topological polar surface area (TPSA) is 64.3 Å². The van der Waals surface area contributed by atoms with E-state index in [1.807, 2.05) is 24.3 Å². The average Bonchev–Trinajstić information content (AvgIpc) is 2.43. The van der Waals surface area contributed by atoms with Crippen LogP contribution in [0.5, 0.6) is 5.75 Å². The minimum absolute atomic E-state index is 0. The summed E-state index contributed by atoms with van der Waals surface area (Å²) in [5, 5.41) is 2.93. The molecule has 4 nitrogen and oxygen atoms in total. The van der Waals surface area contributed by atoms with E-state index in [1.165, 1.54) is 0 Å². The number of ether oxygens (including phenoxy) is 1. The van der Waals surface area contributed by atoms with Crippen LogP contribution >= 0.6 is 12.4 Å². The van der Waals surface area contributed by atoms with E-state index < -0.39 is 0 Å². The molecule has 0 aliphatic heterocycles. The van der Waals surface area contributed by atoms with Crippen LogP contribution in [0.15, 0.2) is 24.3 Å². The third-order valence-corrected chi connectivity index (χ3v) is 3.44. The van der Waals surface area contributed by atoms with Gasteiger partial charge in [-0.25, -0.2) is 0 Å². The number of carbonyl (C=O) groups excluding carboxylic acids is 1. The predicted octanol–water partition coefficient (Wildman–Crippen LogP) is 3.46. The number of nitrogens with one attached hydrogen (secondary N) is 1. The van der Waals surface area contributed by atoms with Crippen LogP contribution in [-0.2, 0) is 4.79 Å². The van der Waals surface area contributed by atoms with Crippen molar-refractivity contribution in [3.05, 3.63) is 24.3 Å². The Morgan fingerprint density at radius 2 is 1.90 bits per heavy atom. The highest BCUT2D eigenvalue weighted by molar-refractivity contribution is 5.90. The van der Waals surface area contributed by atoms with Crippen LogP contribution < -0.4 is 15.8 Å². The fourth-order valence-electron chi connectivity index (χ4n) is 2.11. The minimum atomic E-state index is 0. The van der Waals surface area contributed by atoms with Gasteiger partial charge in [-0.2, -0.15) is 0 Å². The number of nitrogens with two attached hydrogens (primary N) is 1. The fourth-order valence-corrected chi connectivity index (χ4v) is 2.11. The van der Waals surface area contributed by atoms with Gasteiger partial charge in [0.15, 0.2) is 0 Å². The van der Waals surface area contributed by atoms with Crippen molar-refractivity contribution in [1.82, 2.24) is 0 Å². The van der Waals surface area contributed by atoms with Gasteiger partial charge in [0, 0.05) is 18.7 Å². The molecule has 1 atom stereocenters. The maximum Gasteiger partial charge on any atom is 0.224 e. The molecule has 0 saturated heterocycles. The normalized spacial score (nSPS) is 11.7. The molecule has 0 aliphatic carbocycles. The summed E-state index contributed by atoms with van der Waals surface area (Å²) in [4.78, 5) is 12.0. The lowest BCUT2D eigenvalue weighted by molar-refractivity contribution is -0.117. The summed E-state index contributed by atoms with van der Waals surface area (Å²) < 4.78 is 5.39. The van der Waals surface area contributed by atoms with E-state index in [1.54, 1.807) is 0 Å². The number of halogens is 1. The molecule has 1 aromatic rings. The summed E-state index contributed by atoms with van der Waals surface area (Å²) >= 11 is 0. The van der Waals surface area contributed by atoms with Crippen LogP contribution in [0.3, 0.4) is 0 Å². The number of carbonyl (C=O) groups is 1. The number of hydrogen-bond acceptors (Lipinski definition) is 3. The van der Waals surface area contributed by atoms with E-state index in [4.69, 9.17) is 10.5 Å². The highest BCUT2D eigenvalue weighted by Crippen LogP contribution is 2.20. The zero-order chi connectivity index (χ0) is 15.0. The van der Waals surface area contributed by atoms with Crippen molar-refractivity contribution in [1.29, 1.82) is 0 Å². The first kappa shape index (κ1) is 19.7. The van der Waals surface area contributed by atoms with E-state index >= 15 is 0 Å². The van der Waals surface area contributed by atoms with Crippen molar-refractivity contribution in [2.24, 2.45) is 17.6 Å². The van der Waals surface area contributed by atoms with Crippen LogP contribution in [-0.4, -0.2) is 19.1 Å². The Morgan fingerprint density at radius 1 is 1.29 bits per heavy atom. The number of hydrogen-bond donors (Lipinski definition) is 2. The van der Waals surface area contributed by atoms with Crippen LogP contribution in [0, 0.1) is 11.8 Å². The molecular formula is C16H27ClN2O2. The number of anilines is 1. The summed E-state index contributed by atoms with van der Waals surface area (Å²) in [5.74, 6) is 1.79. The van der Waals surface area contributed by atoms with Gasteiger partial charge in [0.1, 0.15) is 12.4 Å². The van der Waals surface area contributed by atoms with Crippen LogP contribution in [0.1, 0.15) is 33.6 Å². The van der Waals surface area contributed by atoms with Gasteiger partial charge < -0.3 is 15.8 Å². The zero-order valence-electron chi connectivity index (χ0n) is 13.1.